The first-order valence-corrected chi connectivity index (χ1v) is 6.41. The smallest absolute Gasteiger partial charge is 0.0917 e. The predicted octanol–water partition coefficient (Wildman–Crippen LogP) is 2.96. The summed E-state index contributed by atoms with van der Waals surface area (Å²) in [6, 6.07) is 0. The number of aromatic nitrogens is 2. The number of hydrogen-bond acceptors (Lipinski definition) is 4. The molecule has 0 saturated heterocycles. The molecule has 0 fully saturated rings. The van der Waals surface area contributed by atoms with E-state index in [-0.39, 0.29) is 6.10 Å². The summed E-state index contributed by atoms with van der Waals surface area (Å²) >= 11 is 1.33. The van der Waals surface area contributed by atoms with Crippen LogP contribution < -0.4 is 0 Å². The van der Waals surface area contributed by atoms with E-state index in [2.05, 4.69) is 23.4 Å². The molecule has 15 heavy (non-hydrogen) atoms. The molecule has 1 N–H and O–H groups in total. The molecule has 0 spiro atoms. The highest BCUT2D eigenvalue weighted by Crippen LogP contribution is 2.25. The van der Waals surface area contributed by atoms with Gasteiger partial charge in [-0.3, -0.25) is 0 Å². The second-order valence-electron chi connectivity index (χ2n) is 4.28. The molecule has 4 heteroatoms. The van der Waals surface area contributed by atoms with Crippen LogP contribution in [0, 0.1) is 5.92 Å². The van der Waals surface area contributed by atoms with E-state index in [4.69, 9.17) is 0 Å². The molecule has 1 aromatic rings. The van der Waals surface area contributed by atoms with Crippen molar-refractivity contribution in [1.29, 1.82) is 0 Å². The van der Waals surface area contributed by atoms with Gasteiger partial charge in [0.1, 0.15) is 0 Å². The SMILES string of the molecule is CCc1nnsc1C(O)CCCC(C)C. The van der Waals surface area contributed by atoms with Gasteiger partial charge in [0.25, 0.3) is 0 Å². The van der Waals surface area contributed by atoms with Crippen molar-refractivity contribution in [2.75, 3.05) is 0 Å². The van der Waals surface area contributed by atoms with Gasteiger partial charge >= 0.3 is 0 Å². The van der Waals surface area contributed by atoms with Crippen molar-refractivity contribution in [3.63, 3.8) is 0 Å². The molecule has 1 unspecified atom stereocenters. The first kappa shape index (κ1) is 12.6. The minimum absolute atomic E-state index is 0.362. The Morgan fingerprint density at radius 2 is 2.07 bits per heavy atom. The molecule has 86 valence electrons. The zero-order chi connectivity index (χ0) is 11.3. The van der Waals surface area contributed by atoms with Gasteiger partial charge in [-0.05, 0) is 30.3 Å². The molecule has 0 aliphatic heterocycles. The van der Waals surface area contributed by atoms with Crippen molar-refractivity contribution in [2.45, 2.75) is 52.6 Å². The van der Waals surface area contributed by atoms with Crippen molar-refractivity contribution in [2.24, 2.45) is 5.92 Å². The van der Waals surface area contributed by atoms with Crippen LogP contribution in [0.3, 0.4) is 0 Å². The number of hydrogen-bond donors (Lipinski definition) is 1. The van der Waals surface area contributed by atoms with Gasteiger partial charge in [-0.25, -0.2) is 0 Å². The Hall–Kier alpha value is -0.480. The fourth-order valence-electron chi connectivity index (χ4n) is 1.56. The van der Waals surface area contributed by atoms with E-state index in [1.165, 1.54) is 18.0 Å². The fraction of sp³-hybridized carbons (Fsp3) is 0.818. The summed E-state index contributed by atoms with van der Waals surface area (Å²) < 4.78 is 3.89. The lowest BCUT2D eigenvalue weighted by Gasteiger charge is -2.10. The summed E-state index contributed by atoms with van der Waals surface area (Å²) in [5.41, 5.74) is 0.956. The molecule has 0 aliphatic rings. The van der Waals surface area contributed by atoms with Gasteiger partial charge in [0.15, 0.2) is 0 Å². The predicted molar refractivity (Wildman–Crippen MR) is 62.9 cm³/mol. The molecule has 0 bridgehead atoms. The largest absolute Gasteiger partial charge is 0.387 e. The van der Waals surface area contributed by atoms with Gasteiger partial charge in [0.2, 0.25) is 0 Å². The highest BCUT2D eigenvalue weighted by molar-refractivity contribution is 7.05. The van der Waals surface area contributed by atoms with E-state index in [9.17, 15) is 5.11 Å². The van der Waals surface area contributed by atoms with Crippen LogP contribution in [-0.2, 0) is 6.42 Å². The monoisotopic (exact) mass is 228 g/mol. The molecule has 0 aliphatic carbocycles. The van der Waals surface area contributed by atoms with Crippen LogP contribution in [0.15, 0.2) is 0 Å². The summed E-state index contributed by atoms with van der Waals surface area (Å²) in [4.78, 5) is 0.959. The summed E-state index contributed by atoms with van der Waals surface area (Å²) in [6.07, 6.45) is 3.56. The molecule has 0 aromatic carbocycles. The maximum atomic E-state index is 9.96. The maximum absolute atomic E-state index is 9.96. The number of aliphatic hydroxyl groups excluding tert-OH is 1. The first-order chi connectivity index (χ1) is 7.15. The van der Waals surface area contributed by atoms with Gasteiger partial charge in [-0.1, -0.05) is 38.1 Å². The topological polar surface area (TPSA) is 46.0 Å². The van der Waals surface area contributed by atoms with Gasteiger partial charge in [-0.2, -0.15) is 0 Å². The first-order valence-electron chi connectivity index (χ1n) is 5.64. The number of rotatable bonds is 6. The molecular formula is C11H20N2OS. The Morgan fingerprint density at radius 3 is 2.67 bits per heavy atom. The number of aryl methyl sites for hydroxylation is 1. The lowest BCUT2D eigenvalue weighted by Crippen LogP contribution is -2.00. The Bertz CT molecular complexity index is 286. The van der Waals surface area contributed by atoms with Gasteiger partial charge < -0.3 is 5.11 Å². The van der Waals surface area contributed by atoms with E-state index in [1.807, 2.05) is 6.92 Å². The molecule has 1 rings (SSSR count). The van der Waals surface area contributed by atoms with Gasteiger partial charge in [0, 0.05) is 0 Å². The van der Waals surface area contributed by atoms with Crippen molar-refractivity contribution in [3.05, 3.63) is 10.6 Å². The number of nitrogens with zero attached hydrogens (tertiary/aromatic N) is 2. The minimum atomic E-state index is -0.362. The van der Waals surface area contributed by atoms with E-state index in [0.29, 0.717) is 5.92 Å². The lowest BCUT2D eigenvalue weighted by atomic mass is 10.0. The minimum Gasteiger partial charge on any atom is -0.387 e. The van der Waals surface area contributed by atoms with Crippen LogP contribution >= 0.6 is 11.5 Å². The van der Waals surface area contributed by atoms with Gasteiger partial charge in [-0.15, -0.1) is 5.10 Å². The number of aliphatic hydroxyl groups is 1. The second-order valence-corrected chi connectivity index (χ2v) is 5.06. The summed E-state index contributed by atoms with van der Waals surface area (Å²) in [7, 11) is 0. The van der Waals surface area contributed by atoms with Crippen molar-refractivity contribution in [1.82, 2.24) is 9.59 Å². The van der Waals surface area contributed by atoms with Crippen molar-refractivity contribution in [3.8, 4) is 0 Å². The summed E-state index contributed by atoms with van der Waals surface area (Å²) in [6.45, 7) is 6.46. The maximum Gasteiger partial charge on any atom is 0.0917 e. The third kappa shape index (κ3) is 3.87. The molecule has 1 aromatic heterocycles. The zero-order valence-corrected chi connectivity index (χ0v) is 10.5. The quantitative estimate of drug-likeness (QED) is 0.814. The molecule has 3 nitrogen and oxygen atoms in total. The molecule has 1 atom stereocenters. The highest BCUT2D eigenvalue weighted by atomic mass is 32.1. The Kier molecular flexibility index (Phi) is 5.19. The molecular weight excluding hydrogens is 208 g/mol. The van der Waals surface area contributed by atoms with Crippen molar-refractivity contribution < 1.29 is 5.11 Å². The third-order valence-corrected chi connectivity index (χ3v) is 3.35. The van der Waals surface area contributed by atoms with Crippen LogP contribution in [0.4, 0.5) is 0 Å². The van der Waals surface area contributed by atoms with Crippen molar-refractivity contribution >= 4 is 11.5 Å². The van der Waals surface area contributed by atoms with E-state index in [0.717, 1.165) is 29.8 Å². The molecule has 0 amide bonds. The fourth-order valence-corrected chi connectivity index (χ4v) is 2.32. The van der Waals surface area contributed by atoms with Crippen LogP contribution in [0.1, 0.15) is 56.7 Å². The Balaban J connectivity index is 2.43. The van der Waals surface area contributed by atoms with Crippen LogP contribution in [0.25, 0.3) is 0 Å². The van der Waals surface area contributed by atoms with E-state index in [1.54, 1.807) is 0 Å². The zero-order valence-electron chi connectivity index (χ0n) is 9.73. The molecule has 0 saturated carbocycles. The van der Waals surface area contributed by atoms with E-state index >= 15 is 0 Å². The standard InChI is InChI=1S/C11H20N2OS/c1-4-9-11(15-13-12-9)10(14)7-5-6-8(2)3/h8,10,14H,4-7H2,1-3H3. The summed E-state index contributed by atoms with van der Waals surface area (Å²) in [5.74, 6) is 0.711. The molecule has 1 heterocycles. The van der Waals surface area contributed by atoms with E-state index < -0.39 is 0 Å². The van der Waals surface area contributed by atoms with Crippen LogP contribution in [-0.4, -0.2) is 14.7 Å². The normalized spacial score (nSPS) is 13.4. The lowest BCUT2D eigenvalue weighted by molar-refractivity contribution is 0.164. The Morgan fingerprint density at radius 1 is 1.33 bits per heavy atom. The second kappa shape index (κ2) is 6.18. The average molecular weight is 228 g/mol. The van der Waals surface area contributed by atoms with Gasteiger partial charge in [0.05, 0.1) is 16.7 Å². The summed E-state index contributed by atoms with van der Waals surface area (Å²) in [5, 5.41) is 14.0. The highest BCUT2D eigenvalue weighted by Gasteiger charge is 2.15. The van der Waals surface area contributed by atoms with Crippen LogP contribution in [0.5, 0.6) is 0 Å². The molecule has 0 radical (unpaired) electrons. The Labute approximate surface area is 95.7 Å². The average Bonchev–Trinajstić information content (AvgIpc) is 2.64. The third-order valence-electron chi connectivity index (χ3n) is 2.48. The van der Waals surface area contributed by atoms with Crippen LogP contribution in [0.2, 0.25) is 0 Å².